The molecule has 0 spiro atoms. The maximum Gasteiger partial charge on any atom is 0.318 e. The van der Waals surface area contributed by atoms with E-state index >= 15 is 0 Å². The Morgan fingerprint density at radius 1 is 1.39 bits per heavy atom. The molecular weight excluding hydrogens is 290 g/mol. The van der Waals surface area contributed by atoms with E-state index in [1.807, 2.05) is 45.0 Å². The smallest absolute Gasteiger partial charge is 0.318 e. The number of benzene rings is 1. The second-order valence-electron chi connectivity index (χ2n) is 6.67. The molecule has 1 fully saturated rings. The van der Waals surface area contributed by atoms with Crippen LogP contribution >= 0.6 is 0 Å². The number of nitrogens with one attached hydrogen (secondary N) is 1. The van der Waals surface area contributed by atoms with Gasteiger partial charge in [0, 0.05) is 6.54 Å². The molecule has 124 valence electrons. The molecule has 0 aromatic heterocycles. The molecule has 2 rings (SSSR count). The normalized spacial score (nSPS) is 17.9. The quantitative estimate of drug-likeness (QED) is 0.896. The Hall–Kier alpha value is -2.30. The first-order chi connectivity index (χ1) is 10.7. The molecule has 5 nitrogen and oxygen atoms in total. The largest absolute Gasteiger partial charge is 0.368 e. The fourth-order valence-corrected chi connectivity index (χ4v) is 2.89. The van der Waals surface area contributed by atoms with Crippen LogP contribution in [-0.2, 0) is 10.3 Å². The number of hydrogen-bond acceptors (Lipinski definition) is 2. The van der Waals surface area contributed by atoms with Gasteiger partial charge in [-0.25, -0.2) is 4.79 Å². The Labute approximate surface area is 137 Å². The average Bonchev–Trinajstić information content (AvgIpc) is 2.96. The van der Waals surface area contributed by atoms with E-state index in [-0.39, 0.29) is 6.03 Å². The van der Waals surface area contributed by atoms with Gasteiger partial charge in [-0.1, -0.05) is 30.4 Å². The summed E-state index contributed by atoms with van der Waals surface area (Å²) >= 11 is 0. The van der Waals surface area contributed by atoms with Crippen molar-refractivity contribution in [3.05, 3.63) is 42.0 Å². The van der Waals surface area contributed by atoms with E-state index in [0.717, 1.165) is 23.1 Å². The molecule has 0 saturated carbocycles. The summed E-state index contributed by atoms with van der Waals surface area (Å²) < 4.78 is 0. The first-order valence-electron chi connectivity index (χ1n) is 7.87. The topological polar surface area (TPSA) is 75.4 Å². The third-order valence-electron chi connectivity index (χ3n) is 4.34. The van der Waals surface area contributed by atoms with Crippen LogP contribution < -0.4 is 11.1 Å². The molecule has 1 saturated heterocycles. The molecular formula is C18H25N3O2. The second-order valence-corrected chi connectivity index (χ2v) is 6.67. The lowest BCUT2D eigenvalue weighted by molar-refractivity contribution is -0.121. The van der Waals surface area contributed by atoms with E-state index in [1.165, 1.54) is 4.90 Å². The molecule has 1 aliphatic heterocycles. The highest BCUT2D eigenvalue weighted by Gasteiger charge is 2.35. The van der Waals surface area contributed by atoms with Gasteiger partial charge >= 0.3 is 6.03 Å². The summed E-state index contributed by atoms with van der Waals surface area (Å²) in [5.41, 5.74) is 7.83. The minimum atomic E-state index is -0.562. The Morgan fingerprint density at radius 3 is 2.70 bits per heavy atom. The van der Waals surface area contributed by atoms with Gasteiger partial charge in [0.15, 0.2) is 0 Å². The number of nitrogens with zero attached hydrogens (tertiary/aromatic N) is 1. The van der Waals surface area contributed by atoms with E-state index in [9.17, 15) is 9.59 Å². The van der Waals surface area contributed by atoms with Crippen LogP contribution in [0, 0.1) is 0 Å². The van der Waals surface area contributed by atoms with Crippen LogP contribution in [0.2, 0.25) is 0 Å². The van der Waals surface area contributed by atoms with Gasteiger partial charge in [-0.3, -0.25) is 4.79 Å². The van der Waals surface area contributed by atoms with Crippen molar-refractivity contribution in [2.24, 2.45) is 5.73 Å². The monoisotopic (exact) mass is 315 g/mol. The van der Waals surface area contributed by atoms with Gasteiger partial charge < -0.3 is 16.0 Å². The second kappa shape index (κ2) is 6.44. The number of allylic oxidation sites excluding steroid dienone is 1. The van der Waals surface area contributed by atoms with E-state index < -0.39 is 17.5 Å². The lowest BCUT2D eigenvalue weighted by Crippen LogP contribution is -2.52. The molecule has 0 aliphatic carbocycles. The molecule has 1 aliphatic rings. The van der Waals surface area contributed by atoms with Crippen molar-refractivity contribution in [3.63, 3.8) is 0 Å². The number of hydrogen-bond donors (Lipinski definition) is 2. The van der Waals surface area contributed by atoms with Gasteiger partial charge in [0.1, 0.15) is 6.04 Å². The van der Waals surface area contributed by atoms with Crippen LogP contribution in [0.3, 0.4) is 0 Å². The van der Waals surface area contributed by atoms with Gasteiger partial charge in [0.25, 0.3) is 0 Å². The zero-order chi connectivity index (χ0) is 17.2. The SMILES string of the molecule is C=C(C)c1cccc(C(C)(C)NC(=O)N2CCC[C@H]2C(N)=O)c1. The Bertz CT molecular complexity index is 637. The highest BCUT2D eigenvalue weighted by atomic mass is 16.2. The highest BCUT2D eigenvalue weighted by Crippen LogP contribution is 2.25. The Balaban J connectivity index is 2.17. The summed E-state index contributed by atoms with van der Waals surface area (Å²) in [6.45, 7) is 10.3. The molecule has 23 heavy (non-hydrogen) atoms. The molecule has 0 bridgehead atoms. The molecule has 5 heteroatoms. The minimum absolute atomic E-state index is 0.253. The predicted octanol–water partition coefficient (Wildman–Crippen LogP) is 2.61. The number of nitrogens with two attached hydrogens (primary N) is 1. The summed E-state index contributed by atoms with van der Waals surface area (Å²) in [4.78, 5) is 25.6. The summed E-state index contributed by atoms with van der Waals surface area (Å²) in [7, 11) is 0. The van der Waals surface area contributed by atoms with Gasteiger partial charge in [0.2, 0.25) is 5.91 Å². The van der Waals surface area contributed by atoms with Gasteiger partial charge in [-0.2, -0.15) is 0 Å². The van der Waals surface area contributed by atoms with E-state index in [2.05, 4.69) is 11.9 Å². The van der Waals surface area contributed by atoms with Crippen molar-refractivity contribution in [2.75, 3.05) is 6.54 Å². The zero-order valence-corrected chi connectivity index (χ0v) is 14.1. The summed E-state index contributed by atoms with van der Waals surface area (Å²) in [6.07, 6.45) is 1.43. The highest BCUT2D eigenvalue weighted by molar-refractivity contribution is 5.86. The van der Waals surface area contributed by atoms with E-state index in [1.54, 1.807) is 0 Å². The van der Waals surface area contributed by atoms with Crippen molar-refractivity contribution in [2.45, 2.75) is 45.2 Å². The van der Waals surface area contributed by atoms with Gasteiger partial charge in [-0.05, 0) is 50.8 Å². The minimum Gasteiger partial charge on any atom is -0.368 e. The third kappa shape index (κ3) is 3.73. The lowest BCUT2D eigenvalue weighted by atomic mass is 9.92. The van der Waals surface area contributed by atoms with Crippen molar-refractivity contribution in [3.8, 4) is 0 Å². The van der Waals surface area contributed by atoms with Crippen molar-refractivity contribution < 1.29 is 9.59 Å². The van der Waals surface area contributed by atoms with Gasteiger partial charge in [0.05, 0.1) is 5.54 Å². The fraction of sp³-hybridized carbons (Fsp3) is 0.444. The number of carbonyl (C=O) groups is 2. The number of amides is 3. The predicted molar refractivity (Wildman–Crippen MR) is 91.6 cm³/mol. The third-order valence-corrected chi connectivity index (χ3v) is 4.34. The van der Waals surface area contributed by atoms with Crippen LogP contribution in [-0.4, -0.2) is 29.4 Å². The summed E-state index contributed by atoms with van der Waals surface area (Å²) in [5.74, 6) is -0.445. The van der Waals surface area contributed by atoms with Crippen molar-refractivity contribution in [1.82, 2.24) is 10.2 Å². The van der Waals surface area contributed by atoms with Crippen molar-refractivity contribution in [1.29, 1.82) is 0 Å². The van der Waals surface area contributed by atoms with E-state index in [0.29, 0.717) is 13.0 Å². The number of urea groups is 1. The zero-order valence-electron chi connectivity index (χ0n) is 14.1. The summed E-state index contributed by atoms with van der Waals surface area (Å²) in [6, 6.07) is 7.19. The molecule has 1 heterocycles. The molecule has 0 radical (unpaired) electrons. The van der Waals surface area contributed by atoms with E-state index in [4.69, 9.17) is 5.73 Å². The summed E-state index contributed by atoms with van der Waals surface area (Å²) in [5, 5.41) is 3.02. The number of carbonyl (C=O) groups excluding carboxylic acids is 2. The van der Waals surface area contributed by atoms with Crippen LogP contribution in [0.4, 0.5) is 4.79 Å². The average molecular weight is 315 g/mol. The van der Waals surface area contributed by atoms with Crippen molar-refractivity contribution >= 4 is 17.5 Å². The van der Waals surface area contributed by atoms with Gasteiger partial charge in [-0.15, -0.1) is 0 Å². The van der Waals surface area contributed by atoms with Crippen LogP contribution in [0.25, 0.3) is 5.57 Å². The number of likely N-dealkylation sites (tertiary alicyclic amines) is 1. The van der Waals surface area contributed by atoms with Crippen LogP contribution in [0.1, 0.15) is 44.7 Å². The fourth-order valence-electron chi connectivity index (χ4n) is 2.89. The number of rotatable bonds is 4. The van der Waals surface area contributed by atoms with Crippen LogP contribution in [0.15, 0.2) is 30.8 Å². The maximum atomic E-state index is 12.6. The molecule has 1 atom stereocenters. The molecule has 1 aromatic carbocycles. The first kappa shape index (κ1) is 17.1. The Kier molecular flexibility index (Phi) is 4.78. The standard InChI is InChI=1S/C18H25N3O2/c1-12(2)13-7-5-8-14(11-13)18(3,4)20-17(23)21-10-6-9-15(21)16(19)22/h5,7-8,11,15H,1,6,9-10H2,2-4H3,(H2,19,22)(H,20,23)/t15-/m0/s1. The lowest BCUT2D eigenvalue weighted by Gasteiger charge is -2.31. The maximum absolute atomic E-state index is 12.6. The Morgan fingerprint density at radius 2 is 2.09 bits per heavy atom. The molecule has 3 amide bonds. The first-order valence-corrected chi connectivity index (χ1v) is 7.87. The molecule has 1 aromatic rings. The molecule has 3 N–H and O–H groups in total. The molecule has 0 unspecified atom stereocenters. The number of primary amides is 1. The van der Waals surface area contributed by atoms with Crippen LogP contribution in [0.5, 0.6) is 0 Å².